The number of nitrogens with zero attached hydrogens (tertiary/aromatic N) is 4. The second-order valence-corrected chi connectivity index (χ2v) is 13.4. The summed E-state index contributed by atoms with van der Waals surface area (Å²) in [7, 11) is 0. The van der Waals surface area contributed by atoms with Crippen molar-refractivity contribution in [2.24, 2.45) is 0 Å². The third-order valence-electron chi connectivity index (χ3n) is 9.70. The number of alkyl halides is 2. The van der Waals surface area contributed by atoms with Gasteiger partial charge in [-0.25, -0.2) is 13.5 Å². The number of carbonyl (C=O) groups excluding carboxylic acids is 3. The largest absolute Gasteiger partial charge is 0.378 e. The number of fused-ring (bicyclic) bond motifs is 3. The molecule has 3 aliphatic rings. The lowest BCUT2D eigenvalue weighted by molar-refractivity contribution is -0.121. The van der Waals surface area contributed by atoms with Gasteiger partial charge in [0.1, 0.15) is 11.9 Å². The van der Waals surface area contributed by atoms with Gasteiger partial charge in [-0.05, 0) is 49.6 Å². The molecule has 12 heteroatoms. The lowest BCUT2D eigenvalue weighted by atomic mass is 10.0. The predicted molar refractivity (Wildman–Crippen MR) is 194 cm³/mol. The number of rotatable bonds is 10. The molecule has 3 atom stereocenters. The third-order valence-corrected chi connectivity index (χ3v) is 9.70. The van der Waals surface area contributed by atoms with Crippen LogP contribution in [0.15, 0.2) is 103 Å². The van der Waals surface area contributed by atoms with E-state index in [1.54, 1.807) is 15.8 Å². The molecule has 1 aromatic heterocycles. The Kier molecular flexibility index (Phi) is 11.3. The summed E-state index contributed by atoms with van der Waals surface area (Å²) in [6, 6.07) is 24.8. The maximum Gasteiger partial charge on any atom is 0.270 e. The number of para-hydroxylation sites is 1. The molecular formula is C40H44F2N6O4. The van der Waals surface area contributed by atoms with Crippen molar-refractivity contribution in [1.82, 2.24) is 25.3 Å². The minimum absolute atomic E-state index is 0.0512. The van der Waals surface area contributed by atoms with E-state index in [1.165, 1.54) is 31.0 Å². The molecule has 2 fully saturated rings. The number of likely N-dealkylation sites (N-methyl/N-ethyl adjacent to an activating group) is 1. The number of nitrogens with one attached hydrogen (secondary N) is 2. The zero-order valence-electron chi connectivity index (χ0n) is 29.4. The summed E-state index contributed by atoms with van der Waals surface area (Å²) in [5.74, 6) is -3.27. The lowest BCUT2D eigenvalue weighted by Gasteiger charge is -2.34. The first-order valence-corrected chi connectivity index (χ1v) is 17.6. The Balaban J connectivity index is 0.000000192. The highest BCUT2D eigenvalue weighted by atomic mass is 19.3. The maximum atomic E-state index is 13.6. The van der Waals surface area contributed by atoms with Gasteiger partial charge in [0.2, 0.25) is 5.91 Å². The van der Waals surface area contributed by atoms with Crippen LogP contribution in [-0.4, -0.2) is 76.8 Å². The second kappa shape index (κ2) is 16.0. The van der Waals surface area contributed by atoms with Crippen LogP contribution < -0.4 is 15.5 Å². The molecule has 0 radical (unpaired) electrons. The number of carbonyl (C=O) groups is 3. The molecule has 3 aromatic carbocycles. The maximum absolute atomic E-state index is 13.6. The molecule has 3 unspecified atom stereocenters. The standard InChI is InChI=1S/C23H22F2N4O2.C17H22N2O2/c1-3-28-21-16(14-26-29(21)18-10-5-4-6-11-18)13-19(22(28)31)27-20(30)15-8-7-9-17(12-15)23(2,24)25;1-13(10-19-15-7-8-16(19)12-21-11-15)17(20)18-9-14-5-3-2-4-6-14/h4-12,14,19H,3,13H2,1-2H3,(H,27,30);2-6,15-16H,1,7-12H2,(H,18,20). The number of halogens is 2. The fraction of sp³-hybridized carbons (Fsp3) is 0.350. The van der Waals surface area contributed by atoms with Gasteiger partial charge < -0.3 is 15.4 Å². The van der Waals surface area contributed by atoms with Crippen molar-refractivity contribution in [3.05, 3.63) is 126 Å². The Labute approximate surface area is 302 Å². The van der Waals surface area contributed by atoms with Crippen LogP contribution in [0.2, 0.25) is 0 Å². The molecule has 4 heterocycles. The van der Waals surface area contributed by atoms with E-state index < -0.39 is 17.9 Å². The summed E-state index contributed by atoms with van der Waals surface area (Å²) >= 11 is 0. The predicted octanol–water partition coefficient (Wildman–Crippen LogP) is 5.41. The number of aromatic nitrogens is 2. The van der Waals surface area contributed by atoms with E-state index in [4.69, 9.17) is 4.74 Å². The molecule has 10 nitrogen and oxygen atoms in total. The summed E-state index contributed by atoms with van der Waals surface area (Å²) in [5, 5.41) is 10.1. The average Bonchev–Trinajstić information content (AvgIpc) is 3.65. The van der Waals surface area contributed by atoms with Crippen molar-refractivity contribution in [3.63, 3.8) is 0 Å². The Morgan fingerprint density at radius 2 is 1.65 bits per heavy atom. The van der Waals surface area contributed by atoms with Crippen LogP contribution in [0.3, 0.4) is 0 Å². The normalized spacial score (nSPS) is 19.7. The van der Waals surface area contributed by atoms with Gasteiger partial charge in [-0.2, -0.15) is 5.10 Å². The second-order valence-electron chi connectivity index (χ2n) is 13.4. The SMILES string of the molecule is C=C(CN1C2CCC1COC2)C(=O)NCc1ccccc1.CCN1C(=O)C(NC(=O)c2cccc(C(C)(F)F)c2)Cc2cnn(-c3ccccc3)c21. The van der Waals surface area contributed by atoms with E-state index >= 15 is 0 Å². The molecule has 3 amide bonds. The molecule has 2 saturated heterocycles. The van der Waals surface area contributed by atoms with Crippen LogP contribution in [0.25, 0.3) is 5.69 Å². The van der Waals surface area contributed by atoms with Crippen LogP contribution >= 0.6 is 0 Å². The van der Waals surface area contributed by atoms with Gasteiger partial charge in [0.25, 0.3) is 17.7 Å². The highest BCUT2D eigenvalue weighted by Crippen LogP contribution is 2.32. The van der Waals surface area contributed by atoms with E-state index in [-0.39, 0.29) is 29.4 Å². The Bertz CT molecular complexity index is 1880. The number of anilines is 1. The topological polar surface area (TPSA) is 109 Å². The van der Waals surface area contributed by atoms with Crippen LogP contribution in [0.5, 0.6) is 0 Å². The van der Waals surface area contributed by atoms with Crippen molar-refractivity contribution in [2.75, 3.05) is 31.2 Å². The van der Waals surface area contributed by atoms with Crippen molar-refractivity contribution in [3.8, 4) is 5.69 Å². The Morgan fingerprint density at radius 1 is 0.981 bits per heavy atom. The summed E-state index contributed by atoms with van der Waals surface area (Å²) < 4.78 is 34.5. The molecule has 3 aliphatic heterocycles. The molecule has 272 valence electrons. The number of hydrogen-bond donors (Lipinski definition) is 2. The van der Waals surface area contributed by atoms with Gasteiger partial charge in [0.05, 0.1) is 25.1 Å². The van der Waals surface area contributed by atoms with E-state index in [1.807, 2.05) is 67.6 Å². The molecule has 4 aromatic rings. The third kappa shape index (κ3) is 8.29. The van der Waals surface area contributed by atoms with E-state index in [0.717, 1.165) is 43.0 Å². The fourth-order valence-electron chi connectivity index (χ4n) is 6.93. The Hall–Kier alpha value is -5.20. The number of hydrogen-bond acceptors (Lipinski definition) is 6. The van der Waals surface area contributed by atoms with Gasteiger partial charge in [0.15, 0.2) is 0 Å². The van der Waals surface area contributed by atoms with Crippen molar-refractivity contribution in [2.45, 2.75) is 63.7 Å². The molecule has 0 aliphatic carbocycles. The van der Waals surface area contributed by atoms with Gasteiger partial charge >= 0.3 is 0 Å². The summed E-state index contributed by atoms with van der Waals surface area (Å²) in [4.78, 5) is 42.0. The molecule has 0 saturated carbocycles. The zero-order chi connectivity index (χ0) is 36.8. The van der Waals surface area contributed by atoms with E-state index in [0.29, 0.717) is 43.1 Å². The minimum Gasteiger partial charge on any atom is -0.378 e. The summed E-state index contributed by atoms with van der Waals surface area (Å²) in [6.07, 6.45) is 4.30. The highest BCUT2D eigenvalue weighted by molar-refractivity contribution is 6.04. The monoisotopic (exact) mass is 710 g/mol. The smallest absolute Gasteiger partial charge is 0.270 e. The van der Waals surface area contributed by atoms with Crippen LogP contribution in [0, 0.1) is 0 Å². The molecule has 2 N–H and O–H groups in total. The molecule has 52 heavy (non-hydrogen) atoms. The highest BCUT2D eigenvalue weighted by Gasteiger charge is 2.38. The number of benzene rings is 3. The van der Waals surface area contributed by atoms with Gasteiger partial charge in [0, 0.05) is 67.3 Å². The number of ether oxygens (including phenoxy) is 1. The minimum atomic E-state index is -3.06. The first-order valence-electron chi connectivity index (χ1n) is 17.6. The van der Waals surface area contributed by atoms with E-state index in [9.17, 15) is 23.2 Å². The lowest BCUT2D eigenvalue weighted by Crippen LogP contribution is -2.53. The van der Waals surface area contributed by atoms with Gasteiger partial charge in [-0.15, -0.1) is 0 Å². The van der Waals surface area contributed by atoms with E-state index in [2.05, 4.69) is 27.2 Å². The van der Waals surface area contributed by atoms with Crippen LogP contribution in [0.1, 0.15) is 53.7 Å². The average molecular weight is 711 g/mol. The van der Waals surface area contributed by atoms with Crippen LogP contribution in [0.4, 0.5) is 14.6 Å². The fourth-order valence-corrected chi connectivity index (χ4v) is 6.93. The molecule has 0 spiro atoms. The number of amides is 3. The van der Waals surface area contributed by atoms with Gasteiger partial charge in [-0.3, -0.25) is 24.2 Å². The Morgan fingerprint density at radius 3 is 2.31 bits per heavy atom. The quantitative estimate of drug-likeness (QED) is 0.213. The van der Waals surface area contributed by atoms with Crippen molar-refractivity contribution < 1.29 is 27.9 Å². The first-order chi connectivity index (χ1) is 25.0. The zero-order valence-corrected chi connectivity index (χ0v) is 29.4. The molecule has 2 bridgehead atoms. The molecule has 7 rings (SSSR count). The van der Waals surface area contributed by atoms with Crippen molar-refractivity contribution >= 4 is 23.5 Å². The van der Waals surface area contributed by atoms with Crippen LogP contribution in [-0.2, 0) is 33.2 Å². The summed E-state index contributed by atoms with van der Waals surface area (Å²) in [5.41, 5.74) is 3.23. The number of morpholine rings is 1. The van der Waals surface area contributed by atoms with Gasteiger partial charge in [-0.1, -0.05) is 67.2 Å². The van der Waals surface area contributed by atoms with Crippen molar-refractivity contribution in [1.29, 1.82) is 0 Å². The summed E-state index contributed by atoms with van der Waals surface area (Å²) in [6.45, 7) is 9.76. The first kappa shape index (κ1) is 36.6. The molecular weight excluding hydrogens is 666 g/mol.